The first kappa shape index (κ1) is 16.4. The standard InChI is InChI=1S/C20H19FN2O3/c1-13(16-7-18-19(8-17(16)21)26-12-20(24)22-18)23-9-14(10-23)11-25-15-5-3-2-4-6-15/h2-8,14H,1,9-12H2,(H,22,24). The summed E-state index contributed by atoms with van der Waals surface area (Å²) in [5, 5.41) is 2.69. The average Bonchev–Trinajstić information content (AvgIpc) is 2.61. The number of halogens is 1. The van der Waals surface area contributed by atoms with Gasteiger partial charge in [0.25, 0.3) is 5.91 Å². The third kappa shape index (κ3) is 3.22. The van der Waals surface area contributed by atoms with Crippen molar-refractivity contribution in [3.05, 3.63) is 60.4 Å². The summed E-state index contributed by atoms with van der Waals surface area (Å²) < 4.78 is 25.4. The highest BCUT2D eigenvalue weighted by Gasteiger charge is 2.30. The smallest absolute Gasteiger partial charge is 0.262 e. The van der Waals surface area contributed by atoms with Gasteiger partial charge < -0.3 is 19.7 Å². The fourth-order valence-corrected chi connectivity index (χ4v) is 3.12. The van der Waals surface area contributed by atoms with Crippen LogP contribution in [0.4, 0.5) is 10.1 Å². The van der Waals surface area contributed by atoms with E-state index < -0.39 is 5.82 Å². The average molecular weight is 354 g/mol. The molecule has 0 saturated carbocycles. The van der Waals surface area contributed by atoms with Gasteiger partial charge in [0.05, 0.1) is 12.3 Å². The Labute approximate surface area is 151 Å². The molecule has 1 amide bonds. The van der Waals surface area contributed by atoms with Crippen LogP contribution < -0.4 is 14.8 Å². The number of carbonyl (C=O) groups is 1. The molecule has 0 unspecified atom stereocenters. The molecule has 2 aromatic rings. The monoisotopic (exact) mass is 354 g/mol. The molecule has 1 fully saturated rings. The maximum Gasteiger partial charge on any atom is 0.262 e. The molecule has 0 radical (unpaired) electrons. The van der Waals surface area contributed by atoms with Crippen molar-refractivity contribution >= 4 is 17.3 Å². The molecule has 2 aliphatic heterocycles. The molecule has 0 aliphatic carbocycles. The van der Waals surface area contributed by atoms with E-state index in [0.29, 0.717) is 35.2 Å². The summed E-state index contributed by atoms with van der Waals surface area (Å²) in [5.41, 5.74) is 1.45. The van der Waals surface area contributed by atoms with Crippen molar-refractivity contribution in [1.82, 2.24) is 4.90 Å². The highest BCUT2D eigenvalue weighted by Crippen LogP contribution is 2.35. The summed E-state index contributed by atoms with van der Waals surface area (Å²) in [6.07, 6.45) is 0. The zero-order valence-electron chi connectivity index (χ0n) is 14.2. The van der Waals surface area contributed by atoms with E-state index in [0.717, 1.165) is 18.8 Å². The van der Waals surface area contributed by atoms with Crippen LogP contribution in [0.2, 0.25) is 0 Å². The molecule has 0 bridgehead atoms. The van der Waals surface area contributed by atoms with Crippen molar-refractivity contribution in [2.45, 2.75) is 0 Å². The number of para-hydroxylation sites is 1. The molecular formula is C20H19FN2O3. The molecule has 26 heavy (non-hydrogen) atoms. The predicted molar refractivity (Wildman–Crippen MR) is 96.6 cm³/mol. The minimum absolute atomic E-state index is 0.0953. The number of anilines is 1. The minimum atomic E-state index is -0.408. The van der Waals surface area contributed by atoms with Gasteiger partial charge in [-0.1, -0.05) is 24.8 Å². The summed E-state index contributed by atoms with van der Waals surface area (Å²) >= 11 is 0. The van der Waals surface area contributed by atoms with Crippen LogP contribution in [-0.4, -0.2) is 37.1 Å². The van der Waals surface area contributed by atoms with Gasteiger partial charge in [-0.3, -0.25) is 4.79 Å². The third-order valence-corrected chi connectivity index (χ3v) is 4.58. The van der Waals surface area contributed by atoms with Crippen molar-refractivity contribution in [2.24, 2.45) is 5.92 Å². The normalized spacial score (nSPS) is 16.2. The Hall–Kier alpha value is -3.02. The molecule has 5 nitrogen and oxygen atoms in total. The number of nitrogens with zero attached hydrogens (tertiary/aromatic N) is 1. The number of carbonyl (C=O) groups excluding carboxylic acids is 1. The Morgan fingerprint density at radius 1 is 1.31 bits per heavy atom. The van der Waals surface area contributed by atoms with E-state index in [1.54, 1.807) is 6.07 Å². The van der Waals surface area contributed by atoms with Gasteiger partial charge in [-0.05, 0) is 18.2 Å². The largest absolute Gasteiger partial charge is 0.493 e. The van der Waals surface area contributed by atoms with Gasteiger partial charge in [0.15, 0.2) is 6.61 Å². The van der Waals surface area contributed by atoms with Crippen LogP contribution >= 0.6 is 0 Å². The molecular weight excluding hydrogens is 335 g/mol. The van der Waals surface area contributed by atoms with E-state index in [2.05, 4.69) is 11.9 Å². The van der Waals surface area contributed by atoms with Gasteiger partial charge in [0.2, 0.25) is 0 Å². The number of rotatable bonds is 5. The lowest BCUT2D eigenvalue weighted by Crippen LogP contribution is -2.47. The molecule has 0 atom stereocenters. The number of ether oxygens (including phenoxy) is 2. The van der Waals surface area contributed by atoms with Crippen molar-refractivity contribution in [3.8, 4) is 11.5 Å². The number of nitrogens with one attached hydrogen (secondary N) is 1. The fourth-order valence-electron chi connectivity index (χ4n) is 3.12. The molecule has 2 aromatic carbocycles. The van der Waals surface area contributed by atoms with Gasteiger partial charge in [-0.2, -0.15) is 0 Å². The van der Waals surface area contributed by atoms with Crippen LogP contribution in [0.3, 0.4) is 0 Å². The van der Waals surface area contributed by atoms with E-state index in [1.165, 1.54) is 6.07 Å². The molecule has 0 aromatic heterocycles. The van der Waals surface area contributed by atoms with Crippen molar-refractivity contribution in [2.75, 3.05) is 31.6 Å². The maximum absolute atomic E-state index is 14.4. The second-order valence-corrected chi connectivity index (χ2v) is 6.51. The summed E-state index contributed by atoms with van der Waals surface area (Å²) in [4.78, 5) is 13.5. The van der Waals surface area contributed by atoms with E-state index in [1.807, 2.05) is 35.2 Å². The SMILES string of the molecule is C=C(c1cc2c(cc1F)OCC(=O)N2)N1CC(COc2ccccc2)C1. The van der Waals surface area contributed by atoms with Gasteiger partial charge in [-0.25, -0.2) is 4.39 Å². The molecule has 1 N–H and O–H groups in total. The first-order chi connectivity index (χ1) is 12.6. The first-order valence-corrected chi connectivity index (χ1v) is 8.48. The third-order valence-electron chi connectivity index (χ3n) is 4.58. The van der Waals surface area contributed by atoms with Crippen LogP contribution in [0, 0.1) is 11.7 Å². The maximum atomic E-state index is 14.4. The zero-order valence-corrected chi connectivity index (χ0v) is 14.2. The van der Waals surface area contributed by atoms with Crippen LogP contribution in [-0.2, 0) is 4.79 Å². The summed E-state index contributed by atoms with van der Waals surface area (Å²) in [5.74, 6) is 0.907. The quantitative estimate of drug-likeness (QED) is 0.896. The second-order valence-electron chi connectivity index (χ2n) is 6.51. The zero-order chi connectivity index (χ0) is 18.1. The van der Waals surface area contributed by atoms with Crippen molar-refractivity contribution in [1.29, 1.82) is 0 Å². The number of fused-ring (bicyclic) bond motifs is 1. The predicted octanol–water partition coefficient (Wildman–Crippen LogP) is 3.14. The lowest BCUT2D eigenvalue weighted by molar-refractivity contribution is -0.118. The Bertz CT molecular complexity index is 848. The Kier molecular flexibility index (Phi) is 4.24. The number of benzene rings is 2. The lowest BCUT2D eigenvalue weighted by Gasteiger charge is -2.42. The molecule has 0 spiro atoms. The Morgan fingerprint density at radius 2 is 2.08 bits per heavy atom. The fraction of sp³-hybridized carbons (Fsp3) is 0.250. The molecule has 2 heterocycles. The van der Waals surface area contributed by atoms with Crippen LogP contribution in [0.25, 0.3) is 5.70 Å². The van der Waals surface area contributed by atoms with E-state index in [9.17, 15) is 9.18 Å². The lowest BCUT2D eigenvalue weighted by atomic mass is 9.98. The minimum Gasteiger partial charge on any atom is -0.493 e. The summed E-state index contributed by atoms with van der Waals surface area (Å²) in [6, 6.07) is 12.5. The van der Waals surface area contributed by atoms with Crippen LogP contribution in [0.15, 0.2) is 49.0 Å². The second kappa shape index (κ2) is 6.71. The van der Waals surface area contributed by atoms with Gasteiger partial charge in [-0.15, -0.1) is 0 Å². The Balaban J connectivity index is 1.37. The first-order valence-electron chi connectivity index (χ1n) is 8.48. The van der Waals surface area contributed by atoms with Crippen LogP contribution in [0.1, 0.15) is 5.56 Å². The number of amides is 1. The number of likely N-dealkylation sites (tertiary alicyclic amines) is 1. The number of hydrogen-bond acceptors (Lipinski definition) is 4. The molecule has 6 heteroatoms. The van der Waals surface area contributed by atoms with Gasteiger partial charge in [0, 0.05) is 36.3 Å². The van der Waals surface area contributed by atoms with Crippen molar-refractivity contribution in [3.63, 3.8) is 0 Å². The summed E-state index contributed by atoms with van der Waals surface area (Å²) in [6.45, 7) is 6.05. The van der Waals surface area contributed by atoms with E-state index in [-0.39, 0.29) is 12.5 Å². The van der Waals surface area contributed by atoms with Crippen LogP contribution in [0.5, 0.6) is 11.5 Å². The van der Waals surface area contributed by atoms with E-state index in [4.69, 9.17) is 9.47 Å². The highest BCUT2D eigenvalue weighted by atomic mass is 19.1. The molecule has 4 rings (SSSR count). The summed E-state index contributed by atoms with van der Waals surface area (Å²) in [7, 11) is 0. The highest BCUT2D eigenvalue weighted by molar-refractivity contribution is 5.96. The number of hydrogen-bond donors (Lipinski definition) is 1. The molecule has 2 aliphatic rings. The Morgan fingerprint density at radius 3 is 2.85 bits per heavy atom. The topological polar surface area (TPSA) is 50.8 Å². The van der Waals surface area contributed by atoms with Gasteiger partial charge in [0.1, 0.15) is 17.3 Å². The van der Waals surface area contributed by atoms with Crippen molar-refractivity contribution < 1.29 is 18.7 Å². The molecule has 134 valence electrons. The van der Waals surface area contributed by atoms with Gasteiger partial charge >= 0.3 is 0 Å². The van der Waals surface area contributed by atoms with E-state index >= 15 is 0 Å². The molecule has 1 saturated heterocycles.